The van der Waals surface area contributed by atoms with E-state index in [9.17, 15) is 18.4 Å². The zero-order valence-corrected chi connectivity index (χ0v) is 10.6. The van der Waals surface area contributed by atoms with E-state index in [1.54, 1.807) is 0 Å². The largest absolute Gasteiger partial charge is 0.481 e. The van der Waals surface area contributed by atoms with Crippen molar-refractivity contribution < 1.29 is 23.5 Å². The maximum atomic E-state index is 12.5. The summed E-state index contributed by atoms with van der Waals surface area (Å²) >= 11 is 0. The minimum Gasteiger partial charge on any atom is -0.481 e. The van der Waals surface area contributed by atoms with Crippen molar-refractivity contribution in [2.75, 3.05) is 13.6 Å². The Balaban J connectivity index is 2.82. The molecule has 6 heteroatoms. The lowest BCUT2D eigenvalue weighted by Gasteiger charge is -2.19. The third-order valence-corrected chi connectivity index (χ3v) is 2.70. The van der Waals surface area contributed by atoms with Crippen molar-refractivity contribution in [3.05, 3.63) is 35.4 Å². The smallest absolute Gasteiger partial charge is 0.308 e. The van der Waals surface area contributed by atoms with Gasteiger partial charge >= 0.3 is 5.97 Å². The van der Waals surface area contributed by atoms with Crippen LogP contribution in [0.3, 0.4) is 0 Å². The van der Waals surface area contributed by atoms with E-state index >= 15 is 0 Å². The van der Waals surface area contributed by atoms with Crippen LogP contribution in [0.1, 0.15) is 29.3 Å². The quantitative estimate of drug-likeness (QED) is 0.894. The average Bonchev–Trinajstić information content (AvgIpc) is 2.37. The Morgan fingerprint density at radius 3 is 2.53 bits per heavy atom. The van der Waals surface area contributed by atoms with Crippen molar-refractivity contribution in [3.63, 3.8) is 0 Å². The molecule has 0 radical (unpaired) electrons. The third kappa shape index (κ3) is 4.01. The highest BCUT2D eigenvalue weighted by atomic mass is 19.3. The summed E-state index contributed by atoms with van der Waals surface area (Å²) in [5.41, 5.74) is -0.108. The number of halogens is 2. The molecule has 0 saturated heterocycles. The molecule has 0 spiro atoms. The summed E-state index contributed by atoms with van der Waals surface area (Å²) in [5.74, 6) is -2.20. The Labute approximate surface area is 109 Å². The molecule has 0 saturated carbocycles. The second-order valence-electron chi connectivity index (χ2n) is 4.35. The molecule has 1 rings (SSSR count). The number of hydrogen-bond acceptors (Lipinski definition) is 2. The van der Waals surface area contributed by atoms with Gasteiger partial charge in [0.2, 0.25) is 0 Å². The van der Waals surface area contributed by atoms with Crippen LogP contribution in [-0.2, 0) is 4.79 Å². The Morgan fingerprint density at radius 1 is 1.37 bits per heavy atom. The van der Waals surface area contributed by atoms with E-state index < -0.39 is 24.2 Å². The number of aliphatic carboxylic acids is 1. The summed E-state index contributed by atoms with van der Waals surface area (Å²) in [5, 5.41) is 8.76. The van der Waals surface area contributed by atoms with Gasteiger partial charge < -0.3 is 10.0 Å². The van der Waals surface area contributed by atoms with Gasteiger partial charge in [-0.15, -0.1) is 0 Å². The fourth-order valence-corrected chi connectivity index (χ4v) is 1.60. The zero-order valence-electron chi connectivity index (χ0n) is 10.6. The van der Waals surface area contributed by atoms with Crippen LogP contribution >= 0.6 is 0 Å². The first kappa shape index (κ1) is 15.1. The molecule has 4 nitrogen and oxygen atoms in total. The normalized spacial score (nSPS) is 12.3. The van der Waals surface area contributed by atoms with E-state index in [0.717, 1.165) is 6.07 Å². The molecule has 1 atom stereocenters. The maximum absolute atomic E-state index is 12.5. The molecule has 0 heterocycles. The van der Waals surface area contributed by atoms with Crippen LogP contribution in [0, 0.1) is 5.92 Å². The molecule has 0 aliphatic rings. The number of nitrogens with zero attached hydrogens (tertiary/aromatic N) is 1. The lowest BCUT2D eigenvalue weighted by Crippen LogP contribution is -2.33. The first-order valence-corrected chi connectivity index (χ1v) is 5.69. The number of carbonyl (C=O) groups excluding carboxylic acids is 1. The highest BCUT2D eigenvalue weighted by Gasteiger charge is 2.19. The number of benzene rings is 1. The van der Waals surface area contributed by atoms with Crippen LogP contribution in [0.15, 0.2) is 24.3 Å². The molecule has 104 valence electrons. The predicted octanol–water partition coefficient (Wildman–Crippen LogP) is 2.42. The fraction of sp³-hybridized carbons (Fsp3) is 0.385. The molecular formula is C13H15F2NO3. The van der Waals surface area contributed by atoms with Crippen molar-refractivity contribution in [3.8, 4) is 0 Å². The second kappa shape index (κ2) is 6.26. The first-order chi connectivity index (χ1) is 8.82. The van der Waals surface area contributed by atoms with Crippen LogP contribution in [-0.4, -0.2) is 35.5 Å². The predicted molar refractivity (Wildman–Crippen MR) is 65.2 cm³/mol. The number of amides is 1. The van der Waals surface area contributed by atoms with Gasteiger partial charge in [-0.3, -0.25) is 9.59 Å². The molecule has 1 N–H and O–H groups in total. The number of rotatable bonds is 5. The number of carboxylic acids is 1. The fourth-order valence-electron chi connectivity index (χ4n) is 1.60. The van der Waals surface area contributed by atoms with Gasteiger partial charge in [-0.05, 0) is 12.1 Å². The number of carbonyl (C=O) groups is 2. The summed E-state index contributed by atoms with van der Waals surface area (Å²) in [7, 11) is 1.44. The Kier molecular flexibility index (Phi) is 4.97. The van der Waals surface area contributed by atoms with E-state index in [1.165, 1.54) is 37.1 Å². The van der Waals surface area contributed by atoms with Gasteiger partial charge in [-0.1, -0.05) is 19.1 Å². The first-order valence-electron chi connectivity index (χ1n) is 5.69. The molecule has 19 heavy (non-hydrogen) atoms. The summed E-state index contributed by atoms with van der Waals surface area (Å²) in [6.07, 6.45) is -2.64. The number of hydrogen-bond donors (Lipinski definition) is 1. The maximum Gasteiger partial charge on any atom is 0.308 e. The van der Waals surface area contributed by atoms with Crippen LogP contribution in [0.25, 0.3) is 0 Å². The molecule has 0 aromatic heterocycles. The van der Waals surface area contributed by atoms with E-state index in [0.29, 0.717) is 0 Å². The second-order valence-corrected chi connectivity index (χ2v) is 4.35. The number of alkyl halides is 2. The Morgan fingerprint density at radius 2 is 2.00 bits per heavy atom. The third-order valence-electron chi connectivity index (χ3n) is 2.70. The van der Waals surface area contributed by atoms with Crippen molar-refractivity contribution in [2.45, 2.75) is 13.3 Å². The molecule has 1 amide bonds. The minimum atomic E-state index is -2.64. The lowest BCUT2D eigenvalue weighted by molar-refractivity contribution is -0.141. The van der Waals surface area contributed by atoms with E-state index in [2.05, 4.69) is 0 Å². The van der Waals surface area contributed by atoms with Crippen molar-refractivity contribution >= 4 is 11.9 Å². The van der Waals surface area contributed by atoms with Crippen LogP contribution in [0.5, 0.6) is 0 Å². The Hall–Kier alpha value is -1.98. The molecule has 1 aromatic carbocycles. The van der Waals surface area contributed by atoms with Gasteiger partial charge in [-0.25, -0.2) is 8.78 Å². The van der Waals surface area contributed by atoms with Gasteiger partial charge in [0.1, 0.15) is 0 Å². The SMILES string of the molecule is CC(CN(C)C(=O)c1cccc(C(F)F)c1)C(=O)O. The summed E-state index contributed by atoms with van der Waals surface area (Å²) in [4.78, 5) is 23.9. The molecule has 1 unspecified atom stereocenters. The highest BCUT2D eigenvalue weighted by Crippen LogP contribution is 2.20. The minimum absolute atomic E-state index is 0.0209. The van der Waals surface area contributed by atoms with Crippen molar-refractivity contribution in [1.29, 1.82) is 0 Å². The summed E-state index contributed by atoms with van der Waals surface area (Å²) in [6, 6.07) is 5.16. The topological polar surface area (TPSA) is 57.6 Å². The van der Waals surface area contributed by atoms with Crippen molar-refractivity contribution in [1.82, 2.24) is 4.90 Å². The van der Waals surface area contributed by atoms with E-state index in [-0.39, 0.29) is 17.7 Å². The van der Waals surface area contributed by atoms with Gasteiger partial charge in [-0.2, -0.15) is 0 Å². The Bertz CT molecular complexity index is 477. The van der Waals surface area contributed by atoms with Gasteiger partial charge in [0.15, 0.2) is 0 Å². The summed E-state index contributed by atoms with van der Waals surface area (Å²) in [6.45, 7) is 1.49. The van der Waals surface area contributed by atoms with Gasteiger partial charge in [0.25, 0.3) is 12.3 Å². The molecule has 1 aromatic rings. The summed E-state index contributed by atoms with van der Waals surface area (Å²) < 4.78 is 25.0. The van der Waals surface area contributed by atoms with E-state index in [1.807, 2.05) is 0 Å². The average molecular weight is 271 g/mol. The number of carboxylic acid groups (broad SMARTS) is 1. The monoisotopic (exact) mass is 271 g/mol. The van der Waals surface area contributed by atoms with Crippen LogP contribution in [0.4, 0.5) is 8.78 Å². The zero-order chi connectivity index (χ0) is 14.6. The highest BCUT2D eigenvalue weighted by molar-refractivity contribution is 5.94. The molecule has 0 bridgehead atoms. The van der Waals surface area contributed by atoms with Crippen LogP contribution in [0.2, 0.25) is 0 Å². The standard InChI is InChI=1S/C13H15F2NO3/c1-8(13(18)19)7-16(2)12(17)10-5-3-4-9(6-10)11(14)15/h3-6,8,11H,7H2,1-2H3,(H,18,19). The van der Waals surface area contributed by atoms with Crippen LogP contribution < -0.4 is 0 Å². The molecular weight excluding hydrogens is 256 g/mol. The van der Waals surface area contributed by atoms with Gasteiger partial charge in [0.05, 0.1) is 5.92 Å². The van der Waals surface area contributed by atoms with Crippen molar-refractivity contribution in [2.24, 2.45) is 5.92 Å². The molecule has 0 aliphatic carbocycles. The lowest BCUT2D eigenvalue weighted by atomic mass is 10.1. The van der Waals surface area contributed by atoms with E-state index in [4.69, 9.17) is 5.11 Å². The molecule has 0 aliphatic heterocycles. The molecule has 0 fully saturated rings. The van der Waals surface area contributed by atoms with Gasteiger partial charge in [0, 0.05) is 24.7 Å².